The zero-order valence-electron chi connectivity index (χ0n) is 16.4. The molecule has 31 heavy (non-hydrogen) atoms. The molecular weight excluding hydrogens is 438 g/mol. The molecule has 10 heteroatoms. The van der Waals surface area contributed by atoms with Crippen LogP contribution in [0.3, 0.4) is 0 Å². The number of benzene rings is 3. The van der Waals surface area contributed by atoms with Gasteiger partial charge in [0.25, 0.3) is 5.91 Å². The summed E-state index contributed by atoms with van der Waals surface area (Å²) in [6.45, 7) is 0.303. The lowest BCUT2D eigenvalue weighted by Crippen LogP contribution is -2.24. The SMILES string of the molecule is NS(=O)(=O)c1ccc(CNC(=O)c2ccc(CNS(=O)(=O)c3ccccc3)cc2)cc1. The highest BCUT2D eigenvalue weighted by molar-refractivity contribution is 7.89. The van der Waals surface area contributed by atoms with E-state index in [4.69, 9.17) is 5.14 Å². The van der Waals surface area contributed by atoms with Gasteiger partial charge >= 0.3 is 0 Å². The smallest absolute Gasteiger partial charge is 0.251 e. The van der Waals surface area contributed by atoms with E-state index in [0.29, 0.717) is 16.7 Å². The Hall–Kier alpha value is -3.05. The van der Waals surface area contributed by atoms with E-state index in [1.165, 1.54) is 24.3 Å². The summed E-state index contributed by atoms with van der Waals surface area (Å²) >= 11 is 0. The van der Waals surface area contributed by atoms with Crippen LogP contribution < -0.4 is 15.2 Å². The molecule has 162 valence electrons. The minimum Gasteiger partial charge on any atom is -0.348 e. The first-order chi connectivity index (χ1) is 14.6. The third-order valence-corrected chi connectivity index (χ3v) is 6.79. The van der Waals surface area contributed by atoms with Crippen molar-refractivity contribution < 1.29 is 21.6 Å². The molecule has 0 unspecified atom stereocenters. The molecule has 0 atom stereocenters. The fourth-order valence-electron chi connectivity index (χ4n) is 2.72. The highest BCUT2D eigenvalue weighted by Crippen LogP contribution is 2.11. The minimum absolute atomic E-state index is 0.000975. The van der Waals surface area contributed by atoms with Crippen LogP contribution in [-0.4, -0.2) is 22.7 Å². The van der Waals surface area contributed by atoms with E-state index < -0.39 is 20.0 Å². The van der Waals surface area contributed by atoms with Gasteiger partial charge in [0, 0.05) is 18.7 Å². The van der Waals surface area contributed by atoms with E-state index in [-0.39, 0.29) is 28.8 Å². The Kier molecular flexibility index (Phi) is 6.86. The number of primary sulfonamides is 1. The first-order valence-electron chi connectivity index (χ1n) is 9.19. The molecule has 8 nitrogen and oxygen atoms in total. The van der Waals surface area contributed by atoms with Gasteiger partial charge in [0.2, 0.25) is 20.0 Å². The first kappa shape index (κ1) is 22.6. The van der Waals surface area contributed by atoms with Crippen LogP contribution in [0.4, 0.5) is 0 Å². The molecule has 1 amide bonds. The summed E-state index contributed by atoms with van der Waals surface area (Å²) in [7, 11) is -7.37. The zero-order chi connectivity index (χ0) is 22.5. The minimum atomic E-state index is -3.76. The number of amides is 1. The topological polar surface area (TPSA) is 135 Å². The molecule has 0 bridgehead atoms. The van der Waals surface area contributed by atoms with Crippen molar-refractivity contribution in [3.63, 3.8) is 0 Å². The van der Waals surface area contributed by atoms with Crippen molar-refractivity contribution in [2.75, 3.05) is 0 Å². The number of carbonyl (C=O) groups excluding carboxylic acids is 1. The second-order valence-corrected chi connectivity index (χ2v) is 10.0. The van der Waals surface area contributed by atoms with E-state index in [2.05, 4.69) is 10.0 Å². The Labute approximate surface area is 181 Å². The Morgan fingerprint density at radius 2 is 1.26 bits per heavy atom. The van der Waals surface area contributed by atoms with Crippen LogP contribution >= 0.6 is 0 Å². The van der Waals surface area contributed by atoms with Crippen molar-refractivity contribution >= 4 is 26.0 Å². The van der Waals surface area contributed by atoms with Crippen molar-refractivity contribution in [1.29, 1.82) is 0 Å². The van der Waals surface area contributed by atoms with Crippen LogP contribution in [0.1, 0.15) is 21.5 Å². The zero-order valence-corrected chi connectivity index (χ0v) is 18.0. The van der Waals surface area contributed by atoms with Crippen molar-refractivity contribution in [3.05, 3.63) is 95.6 Å². The van der Waals surface area contributed by atoms with Crippen molar-refractivity contribution in [1.82, 2.24) is 10.0 Å². The van der Waals surface area contributed by atoms with Crippen LogP contribution in [0.2, 0.25) is 0 Å². The van der Waals surface area contributed by atoms with Gasteiger partial charge in [0.05, 0.1) is 9.79 Å². The summed E-state index contributed by atoms with van der Waals surface area (Å²) in [5, 5.41) is 7.80. The lowest BCUT2D eigenvalue weighted by Gasteiger charge is -2.09. The molecule has 0 aromatic heterocycles. The van der Waals surface area contributed by atoms with Crippen LogP contribution in [0.25, 0.3) is 0 Å². The molecule has 0 aliphatic carbocycles. The fourth-order valence-corrected chi connectivity index (χ4v) is 4.27. The Morgan fingerprint density at radius 3 is 1.84 bits per heavy atom. The molecule has 3 rings (SSSR count). The summed E-state index contributed by atoms with van der Waals surface area (Å²) < 4.78 is 49.6. The lowest BCUT2D eigenvalue weighted by atomic mass is 10.1. The van der Waals surface area contributed by atoms with Gasteiger partial charge in [0.1, 0.15) is 0 Å². The van der Waals surface area contributed by atoms with Gasteiger partial charge in [-0.25, -0.2) is 26.7 Å². The van der Waals surface area contributed by atoms with Crippen molar-refractivity contribution in [2.24, 2.45) is 5.14 Å². The van der Waals surface area contributed by atoms with Gasteiger partial charge in [-0.3, -0.25) is 4.79 Å². The quantitative estimate of drug-likeness (QED) is 0.471. The first-order valence-corrected chi connectivity index (χ1v) is 12.2. The summed E-state index contributed by atoms with van der Waals surface area (Å²) in [6.07, 6.45) is 0. The molecule has 0 aliphatic heterocycles. The molecular formula is C21H21N3O5S2. The van der Waals surface area contributed by atoms with Gasteiger partial charge < -0.3 is 5.32 Å². The van der Waals surface area contributed by atoms with E-state index in [1.54, 1.807) is 54.6 Å². The number of nitrogens with one attached hydrogen (secondary N) is 2. The summed E-state index contributed by atoms with van der Waals surface area (Å²) in [5.74, 6) is -0.313. The number of sulfonamides is 2. The predicted molar refractivity (Wildman–Crippen MR) is 116 cm³/mol. The molecule has 0 saturated carbocycles. The fraction of sp³-hybridized carbons (Fsp3) is 0.0952. The van der Waals surface area contributed by atoms with E-state index >= 15 is 0 Å². The third-order valence-electron chi connectivity index (χ3n) is 4.44. The van der Waals surface area contributed by atoms with Gasteiger partial charge in [0.15, 0.2) is 0 Å². The molecule has 4 N–H and O–H groups in total. The third kappa shape index (κ3) is 6.22. The maximum Gasteiger partial charge on any atom is 0.251 e. The van der Waals surface area contributed by atoms with Crippen LogP contribution in [0, 0.1) is 0 Å². The lowest BCUT2D eigenvalue weighted by molar-refractivity contribution is 0.0951. The second-order valence-electron chi connectivity index (χ2n) is 6.71. The molecule has 3 aromatic rings. The second kappa shape index (κ2) is 9.40. The standard InChI is InChI=1S/C21H21N3O5S2/c22-30(26,27)19-12-8-16(9-13-19)14-23-21(25)18-10-6-17(7-11-18)15-24-31(28,29)20-4-2-1-3-5-20/h1-13,24H,14-15H2,(H,23,25)(H2,22,26,27). The Bertz CT molecular complexity index is 1260. The van der Waals surface area contributed by atoms with Gasteiger partial charge in [-0.1, -0.05) is 42.5 Å². The highest BCUT2D eigenvalue weighted by atomic mass is 32.2. The monoisotopic (exact) mass is 459 g/mol. The number of nitrogens with two attached hydrogens (primary N) is 1. The predicted octanol–water partition coefficient (Wildman–Crippen LogP) is 1.74. The van der Waals surface area contributed by atoms with E-state index in [9.17, 15) is 21.6 Å². The number of carbonyl (C=O) groups is 1. The molecule has 0 spiro atoms. The maximum absolute atomic E-state index is 12.3. The maximum atomic E-state index is 12.3. The average Bonchev–Trinajstić information content (AvgIpc) is 2.77. The number of hydrogen-bond acceptors (Lipinski definition) is 5. The molecule has 0 radical (unpaired) electrons. The number of rotatable bonds is 8. The van der Waals surface area contributed by atoms with E-state index in [1.807, 2.05) is 0 Å². The number of hydrogen-bond donors (Lipinski definition) is 3. The summed E-state index contributed by atoms with van der Waals surface area (Å²) in [4.78, 5) is 12.5. The molecule has 0 aliphatic rings. The molecule has 0 fully saturated rings. The van der Waals surface area contributed by atoms with Crippen LogP contribution in [0.5, 0.6) is 0 Å². The van der Waals surface area contributed by atoms with Gasteiger partial charge in [-0.05, 0) is 47.5 Å². The van der Waals surface area contributed by atoms with Crippen molar-refractivity contribution in [3.8, 4) is 0 Å². The molecule has 0 heterocycles. The summed E-state index contributed by atoms with van der Waals surface area (Å²) in [5.41, 5.74) is 1.83. The van der Waals surface area contributed by atoms with Crippen LogP contribution in [-0.2, 0) is 33.1 Å². The molecule has 0 saturated heterocycles. The Balaban J connectivity index is 1.55. The van der Waals surface area contributed by atoms with Crippen LogP contribution in [0.15, 0.2) is 88.7 Å². The largest absolute Gasteiger partial charge is 0.348 e. The van der Waals surface area contributed by atoms with E-state index in [0.717, 1.165) is 0 Å². The van der Waals surface area contributed by atoms with Gasteiger partial charge in [-0.2, -0.15) is 0 Å². The highest BCUT2D eigenvalue weighted by Gasteiger charge is 2.13. The van der Waals surface area contributed by atoms with Crippen molar-refractivity contribution in [2.45, 2.75) is 22.9 Å². The molecule has 3 aromatic carbocycles. The van der Waals surface area contributed by atoms with Gasteiger partial charge in [-0.15, -0.1) is 0 Å². The normalized spacial score (nSPS) is 11.8. The Morgan fingerprint density at radius 1 is 0.710 bits per heavy atom. The average molecular weight is 460 g/mol. The summed E-state index contributed by atoms with van der Waals surface area (Å²) in [6, 6.07) is 20.5.